The van der Waals surface area contributed by atoms with Gasteiger partial charge in [-0.2, -0.15) is 0 Å². The second-order valence-electron chi connectivity index (χ2n) is 19.5. The molecule has 0 fully saturated rings. The number of benzene rings is 12. The van der Waals surface area contributed by atoms with E-state index in [1.54, 1.807) is 0 Å². The first-order chi connectivity index (χ1) is 37.2. The van der Waals surface area contributed by atoms with Gasteiger partial charge in [-0.25, -0.2) is 0 Å². The van der Waals surface area contributed by atoms with E-state index in [-0.39, 0.29) is 5.48 Å². The predicted molar refractivity (Wildman–Crippen MR) is 332 cm³/mol. The minimum Gasteiger partial charge on any atom is -0.0617 e. The fraction of sp³-hybridized carbons (Fsp3) is 0. The Morgan fingerprint density at radius 2 is 0.487 bits per heavy atom. The molecule has 76 heavy (non-hydrogen) atoms. The van der Waals surface area contributed by atoms with Gasteiger partial charge in [0.25, 0.3) is 0 Å². The van der Waals surface area contributed by atoms with Crippen molar-refractivity contribution in [1.29, 1.82) is 0 Å². The van der Waals surface area contributed by atoms with Crippen molar-refractivity contribution in [3.05, 3.63) is 291 Å². The van der Waals surface area contributed by atoms with Crippen molar-refractivity contribution in [2.75, 3.05) is 0 Å². The van der Waals surface area contributed by atoms with Crippen LogP contribution in [0.15, 0.2) is 291 Å². The van der Waals surface area contributed by atoms with E-state index in [1.165, 1.54) is 125 Å². The summed E-state index contributed by atoms with van der Waals surface area (Å²) < 4.78 is 10.8. The minimum atomic E-state index is -3.71. The van der Waals surface area contributed by atoms with Crippen molar-refractivity contribution in [3.8, 4) is 66.8 Å². The maximum absolute atomic E-state index is 3.71. The Labute approximate surface area is 454 Å². The number of hydrogen-bond acceptors (Lipinski definition) is 2. The summed E-state index contributed by atoms with van der Waals surface area (Å²) >= 11 is 0.102. The van der Waals surface area contributed by atoms with Crippen LogP contribution in [0.25, 0.3) is 107 Å². The first-order valence-electron chi connectivity index (χ1n) is 25.7. The van der Waals surface area contributed by atoms with Crippen LogP contribution in [-0.2, 0) is 0 Å². The zero-order valence-corrected chi connectivity index (χ0v) is 45.3. The molecule has 2 heterocycles. The van der Waals surface area contributed by atoms with Crippen LogP contribution in [-0.4, -0.2) is 18.7 Å². The van der Waals surface area contributed by atoms with Gasteiger partial charge < -0.3 is 5.48 Å². The molecule has 0 aliphatic carbocycles. The smallest absolute Gasteiger partial charge is 0.0617 e. The third-order valence-corrected chi connectivity index (χ3v) is 27.7. The van der Waals surface area contributed by atoms with E-state index in [0.29, 0.717) is 0 Å². The minimum absolute atomic E-state index is 0. The molecule has 14 aromatic rings. The first-order valence-corrected chi connectivity index (χ1v) is 31.5. The van der Waals surface area contributed by atoms with Crippen molar-refractivity contribution >= 4 is 93.9 Å². The Bertz CT molecular complexity index is 4060. The fourth-order valence-electron chi connectivity index (χ4n) is 11.6. The van der Waals surface area contributed by atoms with Crippen LogP contribution < -0.4 is 17.6 Å². The summed E-state index contributed by atoms with van der Waals surface area (Å²) in [4.78, 5) is 0. The molecule has 1 nitrogen and oxygen atoms in total. The molecular formula is C72H50GeOS2. The fourth-order valence-corrected chi connectivity index (χ4v) is 23.9. The molecule has 14 rings (SSSR count). The third-order valence-electron chi connectivity index (χ3n) is 15.2. The van der Waals surface area contributed by atoms with Crippen molar-refractivity contribution in [1.82, 2.24) is 0 Å². The van der Waals surface area contributed by atoms with Crippen LogP contribution >= 0.6 is 22.7 Å². The average molecular weight is 1070 g/mol. The van der Waals surface area contributed by atoms with Gasteiger partial charge >= 0.3 is 415 Å². The van der Waals surface area contributed by atoms with Gasteiger partial charge in [-0.05, 0) is 0 Å². The van der Waals surface area contributed by atoms with Gasteiger partial charge in [0.05, 0.1) is 0 Å². The molecule has 0 aliphatic rings. The zero-order chi connectivity index (χ0) is 49.7. The average Bonchev–Trinajstić information content (AvgIpc) is 4.09. The van der Waals surface area contributed by atoms with Gasteiger partial charge in [-0.15, -0.1) is 0 Å². The summed E-state index contributed by atoms with van der Waals surface area (Å²) in [6, 6.07) is 109. The summed E-state index contributed by atoms with van der Waals surface area (Å²) in [6.07, 6.45) is 0. The van der Waals surface area contributed by atoms with Crippen LogP contribution in [0, 0.1) is 0 Å². The molecule has 2 N–H and O–H groups in total. The molecule has 12 aromatic carbocycles. The molecule has 360 valence electrons. The number of fused-ring (bicyclic) bond motifs is 6. The monoisotopic (exact) mass is 1070 g/mol. The van der Waals surface area contributed by atoms with Gasteiger partial charge in [0.1, 0.15) is 0 Å². The summed E-state index contributed by atoms with van der Waals surface area (Å²) in [5.41, 5.74) is 14.8. The molecule has 0 spiro atoms. The Morgan fingerprint density at radius 1 is 0.211 bits per heavy atom. The molecule has 2 aromatic heterocycles. The van der Waals surface area contributed by atoms with Crippen LogP contribution in [0.4, 0.5) is 0 Å². The van der Waals surface area contributed by atoms with E-state index in [1.807, 2.05) is 22.7 Å². The summed E-state index contributed by atoms with van der Waals surface area (Å²) in [5, 5.41) is 5.20. The van der Waals surface area contributed by atoms with E-state index >= 15 is 0 Å². The summed E-state index contributed by atoms with van der Waals surface area (Å²) in [7, 11) is 0. The van der Waals surface area contributed by atoms with Gasteiger partial charge in [0, 0.05) is 0 Å². The molecule has 0 radical (unpaired) electrons. The Balaban J connectivity index is 0.00000553. The predicted octanol–water partition coefficient (Wildman–Crippen LogP) is 17.0. The molecule has 0 saturated heterocycles. The quantitative estimate of drug-likeness (QED) is 0.122. The molecule has 4 heteroatoms. The van der Waals surface area contributed by atoms with Crippen LogP contribution in [0.3, 0.4) is 0 Å². The number of rotatable bonds is 10. The zero-order valence-electron chi connectivity index (χ0n) is 41.5. The molecule has 0 bridgehead atoms. The Morgan fingerprint density at radius 3 is 0.829 bits per heavy atom. The molecule has 0 amide bonds. The standard InChI is InChI=1S/C72H48GeS2.H2O/c1-7-19-49(20-8-1)55-35-41-69-65(43-55)67-47-57(51-23-11-3-12-24-51)45-63(71(67)74-69)53-31-37-61(38-32-53)73(59-27-15-5-16-28-59,60-29-17-6-18-30-60)62-39-33-54(34-40-62)64-46-58(52-25-13-4-14-26-52)48-68-66-44-56(50-21-9-2-10-22-50)36-42-70(66)75-72(64)68;/h1-48H;1H2. The topological polar surface area (TPSA) is 31.5 Å². The van der Waals surface area contributed by atoms with Gasteiger partial charge in [0.2, 0.25) is 0 Å². The number of thiophene rings is 2. The van der Waals surface area contributed by atoms with Gasteiger partial charge in [-0.1, -0.05) is 36.4 Å². The molecular weight excluding hydrogens is 1020 g/mol. The van der Waals surface area contributed by atoms with Gasteiger partial charge in [-0.3, -0.25) is 0 Å². The number of hydrogen-bond donors (Lipinski definition) is 0. The molecule has 0 aliphatic heterocycles. The van der Waals surface area contributed by atoms with E-state index in [0.717, 1.165) is 0 Å². The van der Waals surface area contributed by atoms with Crippen molar-refractivity contribution in [2.24, 2.45) is 0 Å². The molecule has 0 unspecified atom stereocenters. The Hall–Kier alpha value is -8.42. The van der Waals surface area contributed by atoms with Crippen molar-refractivity contribution < 1.29 is 5.48 Å². The van der Waals surface area contributed by atoms with Crippen LogP contribution in [0.5, 0.6) is 0 Å². The second-order valence-corrected chi connectivity index (χ2v) is 29.6. The van der Waals surface area contributed by atoms with Gasteiger partial charge in [0.15, 0.2) is 0 Å². The van der Waals surface area contributed by atoms with E-state index in [9.17, 15) is 0 Å². The van der Waals surface area contributed by atoms with E-state index in [2.05, 4.69) is 291 Å². The maximum atomic E-state index is 2.47. The normalized spacial score (nSPS) is 11.6. The van der Waals surface area contributed by atoms with E-state index in [4.69, 9.17) is 0 Å². The SMILES string of the molecule is O.c1ccc(-c2ccc3sc4c(-c5cc[c]([Ge]([c]6ccccc6)([c]6ccccc6)[c]6ccc(-c7cc(-c8ccccc8)cc8c7sc7ccc(-c9ccccc9)cc78)cc6)cc5)cc(-c5ccccc5)cc4c3c2)cc1. The van der Waals surface area contributed by atoms with Crippen molar-refractivity contribution in [2.45, 2.75) is 0 Å². The third kappa shape index (κ3) is 8.30. The van der Waals surface area contributed by atoms with Crippen LogP contribution in [0.2, 0.25) is 0 Å². The van der Waals surface area contributed by atoms with Crippen molar-refractivity contribution in [3.63, 3.8) is 0 Å². The summed E-state index contributed by atoms with van der Waals surface area (Å²) in [5.74, 6) is 0. The van der Waals surface area contributed by atoms with Crippen LogP contribution in [0.1, 0.15) is 0 Å². The molecule has 0 atom stereocenters. The summed E-state index contributed by atoms with van der Waals surface area (Å²) in [6.45, 7) is 0. The second kappa shape index (κ2) is 20.0. The van der Waals surface area contributed by atoms with E-state index < -0.39 is 13.3 Å². The molecule has 0 saturated carbocycles. The Kier molecular flexibility index (Phi) is 12.5. The first kappa shape index (κ1) is 47.3.